The van der Waals surface area contributed by atoms with Crippen LogP contribution in [0.2, 0.25) is 0 Å². The summed E-state index contributed by atoms with van der Waals surface area (Å²) in [5.74, 6) is -0.897. The van der Waals surface area contributed by atoms with Crippen LogP contribution in [0.15, 0.2) is 24.3 Å². The molecule has 4 N–H and O–H groups in total. The molecule has 1 saturated carbocycles. The molecule has 1 aromatic carbocycles. The van der Waals surface area contributed by atoms with Gasteiger partial charge in [-0.2, -0.15) is 0 Å². The predicted octanol–water partition coefficient (Wildman–Crippen LogP) is 1.13. The number of halogens is 1. The summed E-state index contributed by atoms with van der Waals surface area (Å²) in [5, 5.41) is 0. The lowest BCUT2D eigenvalue weighted by Crippen LogP contribution is -2.32. The summed E-state index contributed by atoms with van der Waals surface area (Å²) in [5.41, 5.74) is 12.2. The van der Waals surface area contributed by atoms with E-state index in [2.05, 4.69) is 0 Å². The van der Waals surface area contributed by atoms with Gasteiger partial charge in [-0.15, -0.1) is 0 Å². The van der Waals surface area contributed by atoms with E-state index in [1.54, 1.807) is 12.1 Å². The van der Waals surface area contributed by atoms with Gasteiger partial charge < -0.3 is 11.5 Å². The largest absolute Gasteiger partial charge is 0.369 e. The van der Waals surface area contributed by atoms with Gasteiger partial charge in [0.05, 0.1) is 0 Å². The Hall–Kier alpha value is -1.42. The van der Waals surface area contributed by atoms with Crippen LogP contribution in [0.3, 0.4) is 0 Å². The van der Waals surface area contributed by atoms with E-state index in [-0.39, 0.29) is 29.6 Å². The van der Waals surface area contributed by atoms with Crippen molar-refractivity contribution >= 4 is 5.91 Å². The molecule has 0 spiro atoms. The van der Waals surface area contributed by atoms with Crippen LogP contribution in [-0.2, 0) is 4.79 Å². The van der Waals surface area contributed by atoms with Crippen molar-refractivity contribution in [3.05, 3.63) is 35.6 Å². The molecule has 0 radical (unpaired) electrons. The third-order valence-corrected chi connectivity index (χ3v) is 3.33. The summed E-state index contributed by atoms with van der Waals surface area (Å²) >= 11 is 0. The molecule has 0 heterocycles. The van der Waals surface area contributed by atoms with Crippen LogP contribution in [0.1, 0.15) is 24.3 Å². The van der Waals surface area contributed by atoms with Crippen LogP contribution in [0, 0.1) is 11.7 Å². The first-order chi connectivity index (χ1) is 7.59. The summed E-state index contributed by atoms with van der Waals surface area (Å²) in [6, 6.07) is 6.07. The normalized spacial score (nSPS) is 29.2. The van der Waals surface area contributed by atoms with Gasteiger partial charge in [0.1, 0.15) is 5.82 Å². The zero-order valence-electron chi connectivity index (χ0n) is 8.90. The number of carbonyl (C=O) groups excluding carboxylic acids is 1. The molecule has 1 amide bonds. The van der Waals surface area contributed by atoms with Crippen molar-refractivity contribution in [2.75, 3.05) is 0 Å². The molecule has 86 valence electrons. The van der Waals surface area contributed by atoms with Crippen LogP contribution in [-0.4, -0.2) is 11.9 Å². The number of nitrogens with two attached hydrogens (primary N) is 2. The maximum Gasteiger partial charge on any atom is 0.221 e. The Labute approximate surface area is 93.6 Å². The highest BCUT2D eigenvalue weighted by molar-refractivity contribution is 5.78. The van der Waals surface area contributed by atoms with Crippen molar-refractivity contribution in [1.82, 2.24) is 0 Å². The molecule has 3 atom stereocenters. The van der Waals surface area contributed by atoms with Crippen molar-refractivity contribution in [2.45, 2.75) is 24.8 Å². The predicted molar refractivity (Wildman–Crippen MR) is 59.0 cm³/mol. The smallest absolute Gasteiger partial charge is 0.221 e. The molecule has 0 saturated heterocycles. The number of benzene rings is 1. The van der Waals surface area contributed by atoms with Crippen molar-refractivity contribution in [2.24, 2.45) is 17.4 Å². The molecular formula is C12H15FN2O. The summed E-state index contributed by atoms with van der Waals surface area (Å²) in [6.07, 6.45) is 1.51. The number of hydrogen-bond acceptors (Lipinski definition) is 2. The molecule has 1 aromatic rings. The van der Waals surface area contributed by atoms with Crippen molar-refractivity contribution in [1.29, 1.82) is 0 Å². The highest BCUT2D eigenvalue weighted by Crippen LogP contribution is 2.38. The number of hydrogen-bond donors (Lipinski definition) is 2. The van der Waals surface area contributed by atoms with E-state index < -0.39 is 0 Å². The number of carbonyl (C=O) groups is 1. The zero-order valence-corrected chi connectivity index (χ0v) is 8.90. The highest BCUT2D eigenvalue weighted by Gasteiger charge is 2.38. The average molecular weight is 222 g/mol. The van der Waals surface area contributed by atoms with Gasteiger partial charge in [0.25, 0.3) is 0 Å². The average Bonchev–Trinajstić information content (AvgIpc) is 2.62. The quantitative estimate of drug-likeness (QED) is 0.787. The van der Waals surface area contributed by atoms with Crippen LogP contribution < -0.4 is 11.5 Å². The Morgan fingerprint density at radius 1 is 1.25 bits per heavy atom. The maximum atomic E-state index is 12.8. The van der Waals surface area contributed by atoms with Gasteiger partial charge >= 0.3 is 0 Å². The molecule has 1 aliphatic carbocycles. The fourth-order valence-electron chi connectivity index (χ4n) is 2.51. The monoisotopic (exact) mass is 222 g/mol. The molecule has 0 bridgehead atoms. The molecule has 3 unspecified atom stereocenters. The molecular weight excluding hydrogens is 207 g/mol. The van der Waals surface area contributed by atoms with Crippen LogP contribution in [0.5, 0.6) is 0 Å². The molecule has 3 nitrogen and oxygen atoms in total. The van der Waals surface area contributed by atoms with Crippen molar-refractivity contribution < 1.29 is 9.18 Å². The van der Waals surface area contributed by atoms with E-state index in [1.165, 1.54) is 12.1 Å². The zero-order chi connectivity index (χ0) is 11.7. The van der Waals surface area contributed by atoms with Gasteiger partial charge in [0.2, 0.25) is 5.91 Å². The third kappa shape index (κ3) is 1.93. The first-order valence-corrected chi connectivity index (χ1v) is 5.40. The summed E-state index contributed by atoms with van der Waals surface area (Å²) in [4.78, 5) is 11.3. The topological polar surface area (TPSA) is 69.1 Å². The molecule has 0 aromatic heterocycles. The van der Waals surface area contributed by atoms with Gasteiger partial charge in [0, 0.05) is 17.9 Å². The fraction of sp³-hybridized carbons (Fsp3) is 0.417. The molecule has 1 aliphatic rings. The number of primary amides is 1. The van der Waals surface area contributed by atoms with E-state index in [1.807, 2.05) is 0 Å². The Morgan fingerprint density at radius 2 is 1.88 bits per heavy atom. The van der Waals surface area contributed by atoms with E-state index in [4.69, 9.17) is 11.5 Å². The summed E-state index contributed by atoms with van der Waals surface area (Å²) in [6.45, 7) is 0. The van der Waals surface area contributed by atoms with Gasteiger partial charge in [-0.3, -0.25) is 4.79 Å². The van der Waals surface area contributed by atoms with Crippen LogP contribution in [0.4, 0.5) is 4.39 Å². The van der Waals surface area contributed by atoms with Gasteiger partial charge in [-0.05, 0) is 30.5 Å². The maximum absolute atomic E-state index is 12.8. The van der Waals surface area contributed by atoms with Crippen LogP contribution >= 0.6 is 0 Å². The van der Waals surface area contributed by atoms with Crippen molar-refractivity contribution in [3.8, 4) is 0 Å². The minimum absolute atomic E-state index is 0.0667. The standard InChI is InChI=1S/C12H15FN2O/c13-8-3-1-7(2-4-8)11-9(12(15)16)5-6-10(11)14/h1-4,9-11H,5-6,14H2,(H2,15,16). The van der Waals surface area contributed by atoms with E-state index in [0.29, 0.717) is 0 Å². The Kier molecular flexibility index (Phi) is 2.92. The van der Waals surface area contributed by atoms with E-state index in [0.717, 1.165) is 18.4 Å². The summed E-state index contributed by atoms with van der Waals surface area (Å²) in [7, 11) is 0. The Morgan fingerprint density at radius 3 is 2.44 bits per heavy atom. The van der Waals surface area contributed by atoms with E-state index >= 15 is 0 Å². The SMILES string of the molecule is NC(=O)C1CCC(N)C1c1ccc(F)cc1. The first kappa shape index (κ1) is 11.1. The Balaban J connectivity index is 2.29. The molecule has 1 fully saturated rings. The minimum atomic E-state index is -0.317. The van der Waals surface area contributed by atoms with Gasteiger partial charge in [0.15, 0.2) is 0 Å². The molecule has 0 aliphatic heterocycles. The van der Waals surface area contributed by atoms with Gasteiger partial charge in [-0.25, -0.2) is 4.39 Å². The second-order valence-corrected chi connectivity index (χ2v) is 4.33. The summed E-state index contributed by atoms with van der Waals surface area (Å²) < 4.78 is 12.8. The van der Waals surface area contributed by atoms with Gasteiger partial charge in [-0.1, -0.05) is 12.1 Å². The lowest BCUT2D eigenvalue weighted by atomic mass is 9.86. The second kappa shape index (κ2) is 4.22. The number of rotatable bonds is 2. The molecule has 16 heavy (non-hydrogen) atoms. The molecule has 2 rings (SSSR count). The fourth-order valence-corrected chi connectivity index (χ4v) is 2.51. The second-order valence-electron chi connectivity index (χ2n) is 4.33. The van der Waals surface area contributed by atoms with E-state index in [9.17, 15) is 9.18 Å². The lowest BCUT2D eigenvalue weighted by Gasteiger charge is -2.20. The highest BCUT2D eigenvalue weighted by atomic mass is 19.1. The van der Waals surface area contributed by atoms with Crippen molar-refractivity contribution in [3.63, 3.8) is 0 Å². The molecule has 4 heteroatoms. The minimum Gasteiger partial charge on any atom is -0.369 e. The van der Waals surface area contributed by atoms with Crippen LogP contribution in [0.25, 0.3) is 0 Å². The third-order valence-electron chi connectivity index (χ3n) is 3.33. The number of amides is 1. The first-order valence-electron chi connectivity index (χ1n) is 5.40. The Bertz CT molecular complexity index is 391. The lowest BCUT2D eigenvalue weighted by molar-refractivity contribution is -0.122.